The van der Waals surface area contributed by atoms with Gasteiger partial charge in [-0.1, -0.05) is 0 Å². The number of nitrogens with zero attached hydrogens (tertiary/aromatic N) is 2. The van der Waals surface area contributed by atoms with Gasteiger partial charge in [-0.2, -0.15) is 17.9 Å². The molecule has 0 aliphatic carbocycles. The molecular weight excluding hydrogens is 373 g/mol. The van der Waals surface area contributed by atoms with Crippen molar-refractivity contribution in [1.82, 2.24) is 0 Å². The van der Waals surface area contributed by atoms with Crippen LogP contribution in [0.3, 0.4) is 0 Å². The topological polar surface area (TPSA) is 124 Å². The van der Waals surface area contributed by atoms with Crippen LogP contribution in [0.5, 0.6) is 11.5 Å². The van der Waals surface area contributed by atoms with Gasteiger partial charge in [0.05, 0.1) is 16.7 Å². The number of hydrogen-bond acceptors (Lipinski definition) is 6. The predicted molar refractivity (Wildman–Crippen MR) is 83.5 cm³/mol. The van der Waals surface area contributed by atoms with E-state index in [0.717, 1.165) is 36.6 Å². The number of halogens is 3. The molecule has 2 heterocycles. The number of alkyl halides is 3. The van der Waals surface area contributed by atoms with Crippen LogP contribution in [0.2, 0.25) is 0 Å². The Balaban J connectivity index is 2.13. The fraction of sp³-hybridized carbons (Fsp3) is 0.0625. The van der Waals surface area contributed by atoms with Crippen molar-refractivity contribution in [2.24, 2.45) is 0 Å². The molecule has 0 unspecified atom stereocenters. The Hall–Kier alpha value is -3.76. The molecule has 0 amide bonds. The van der Waals surface area contributed by atoms with E-state index in [1.165, 1.54) is 0 Å². The summed E-state index contributed by atoms with van der Waals surface area (Å²) in [5.74, 6) is -2.03. The highest BCUT2D eigenvalue weighted by Crippen LogP contribution is 2.41. The lowest BCUT2D eigenvalue weighted by atomic mass is 10.0. The van der Waals surface area contributed by atoms with E-state index in [1.807, 2.05) is 0 Å². The maximum atomic E-state index is 13.2. The van der Waals surface area contributed by atoms with Gasteiger partial charge in [-0.15, -0.1) is 0 Å². The van der Waals surface area contributed by atoms with E-state index < -0.39 is 39.5 Å². The number of furan rings is 1. The Labute approximate surface area is 148 Å². The molecule has 2 N–H and O–H groups in total. The smallest absolute Gasteiger partial charge is 0.479 e. The third-order valence-electron chi connectivity index (χ3n) is 3.69. The summed E-state index contributed by atoms with van der Waals surface area (Å²) in [5, 5.41) is 41.6. The second kappa shape index (κ2) is 6.20. The fourth-order valence-corrected chi connectivity index (χ4v) is 2.50. The Morgan fingerprint density at radius 3 is 2.48 bits per heavy atom. The number of nitro benzene ring substituents is 1. The van der Waals surface area contributed by atoms with Crippen molar-refractivity contribution in [2.45, 2.75) is 6.18 Å². The van der Waals surface area contributed by atoms with Crippen LogP contribution in [0.1, 0.15) is 5.69 Å². The van der Waals surface area contributed by atoms with Crippen molar-refractivity contribution >= 4 is 5.69 Å². The molecule has 0 saturated carbocycles. The average Bonchev–Trinajstić information content (AvgIpc) is 3.05. The van der Waals surface area contributed by atoms with Gasteiger partial charge in [0.2, 0.25) is 5.75 Å². The molecule has 0 bridgehead atoms. The molecule has 27 heavy (non-hydrogen) atoms. The van der Waals surface area contributed by atoms with Gasteiger partial charge in [0.1, 0.15) is 5.76 Å². The second-order valence-corrected chi connectivity index (χ2v) is 5.41. The van der Waals surface area contributed by atoms with Crippen molar-refractivity contribution in [3.8, 4) is 33.9 Å². The van der Waals surface area contributed by atoms with Gasteiger partial charge in [0, 0.05) is 17.7 Å². The van der Waals surface area contributed by atoms with Crippen LogP contribution in [0.15, 0.2) is 47.2 Å². The number of phenols is 2. The minimum absolute atomic E-state index is 0.0199. The highest BCUT2D eigenvalue weighted by Gasteiger charge is 2.43. The van der Waals surface area contributed by atoms with E-state index in [1.54, 1.807) is 0 Å². The number of pyridine rings is 1. The van der Waals surface area contributed by atoms with Crippen LogP contribution in [-0.4, -0.2) is 15.1 Å². The quantitative estimate of drug-likeness (QED) is 0.235. The van der Waals surface area contributed by atoms with Crippen LogP contribution in [0.4, 0.5) is 18.9 Å². The Morgan fingerprint density at radius 2 is 1.85 bits per heavy atom. The molecule has 140 valence electrons. The molecule has 1 aromatic carbocycles. The molecule has 3 rings (SSSR count). The summed E-state index contributed by atoms with van der Waals surface area (Å²) in [7, 11) is 0. The highest BCUT2D eigenvalue weighted by molar-refractivity contribution is 5.75. The Kier molecular flexibility index (Phi) is 4.14. The monoisotopic (exact) mass is 382 g/mol. The van der Waals surface area contributed by atoms with Crippen LogP contribution in [0, 0.1) is 15.3 Å². The van der Waals surface area contributed by atoms with Crippen LogP contribution in [-0.2, 0) is 6.18 Å². The minimum atomic E-state index is -4.94. The first-order chi connectivity index (χ1) is 12.6. The summed E-state index contributed by atoms with van der Waals surface area (Å²) in [6.07, 6.45) is -3.24. The summed E-state index contributed by atoms with van der Waals surface area (Å²) in [4.78, 5) is 9.99. The van der Waals surface area contributed by atoms with Crippen molar-refractivity contribution in [3.05, 3.63) is 63.8 Å². The summed E-state index contributed by atoms with van der Waals surface area (Å²) >= 11 is 0. The number of aromatic nitrogens is 1. The normalized spacial score (nSPS) is 11.5. The van der Waals surface area contributed by atoms with E-state index in [0.29, 0.717) is 6.20 Å². The number of nitro groups is 1. The lowest BCUT2D eigenvalue weighted by molar-refractivity contribution is -0.628. The van der Waals surface area contributed by atoms with Crippen molar-refractivity contribution in [2.75, 3.05) is 0 Å². The van der Waals surface area contributed by atoms with Crippen LogP contribution < -0.4 is 4.73 Å². The van der Waals surface area contributed by atoms with E-state index >= 15 is 0 Å². The average molecular weight is 382 g/mol. The molecule has 0 aliphatic rings. The molecule has 2 aromatic heterocycles. The number of aromatic hydroxyl groups is 2. The second-order valence-electron chi connectivity index (χ2n) is 5.41. The zero-order chi connectivity index (χ0) is 19.9. The number of benzene rings is 1. The first-order valence-corrected chi connectivity index (χ1v) is 7.18. The molecule has 0 saturated heterocycles. The summed E-state index contributed by atoms with van der Waals surface area (Å²) < 4.78 is 44.3. The molecule has 0 spiro atoms. The molecule has 11 heteroatoms. The number of hydrogen-bond donors (Lipinski definition) is 2. The van der Waals surface area contributed by atoms with Crippen molar-refractivity contribution in [1.29, 1.82) is 0 Å². The molecule has 0 radical (unpaired) electrons. The van der Waals surface area contributed by atoms with Crippen LogP contribution in [0.25, 0.3) is 22.5 Å². The standard InChI is InChI=1S/C16H9F3N2O6/c17-16(18,19)15-10(2-1-3-20(15)24)13-6-9(7-27-13)8-4-11(21(25)26)14(23)12(22)5-8/h1-7,22-23H. The summed E-state index contributed by atoms with van der Waals surface area (Å²) in [5.41, 5.74) is -2.68. The third kappa shape index (κ3) is 3.21. The van der Waals surface area contributed by atoms with Gasteiger partial charge in [-0.05, 0) is 23.8 Å². The zero-order valence-electron chi connectivity index (χ0n) is 13.1. The zero-order valence-corrected chi connectivity index (χ0v) is 13.1. The largest absolute Gasteiger partial charge is 0.618 e. The molecule has 8 nitrogen and oxygen atoms in total. The van der Waals surface area contributed by atoms with Gasteiger partial charge >= 0.3 is 17.6 Å². The number of rotatable bonds is 3. The Bertz CT molecular complexity index is 1050. The van der Waals surface area contributed by atoms with Crippen molar-refractivity contribution < 1.29 is 37.5 Å². The van der Waals surface area contributed by atoms with E-state index in [2.05, 4.69) is 0 Å². The third-order valence-corrected chi connectivity index (χ3v) is 3.69. The van der Waals surface area contributed by atoms with E-state index in [4.69, 9.17) is 4.42 Å². The maximum Gasteiger partial charge on any atom is 0.479 e. The summed E-state index contributed by atoms with van der Waals surface area (Å²) in [6, 6.07) is 5.18. The van der Waals surface area contributed by atoms with E-state index in [-0.39, 0.29) is 21.6 Å². The van der Waals surface area contributed by atoms with E-state index in [9.17, 15) is 38.7 Å². The minimum Gasteiger partial charge on any atom is -0.618 e. The number of phenolic OH excluding ortho intramolecular Hbond substituents is 2. The molecule has 0 atom stereocenters. The van der Waals surface area contributed by atoms with Gasteiger partial charge < -0.3 is 19.8 Å². The lowest BCUT2D eigenvalue weighted by Gasteiger charge is -2.10. The first-order valence-electron chi connectivity index (χ1n) is 7.18. The van der Waals surface area contributed by atoms with Crippen molar-refractivity contribution in [3.63, 3.8) is 0 Å². The first kappa shape index (κ1) is 18.0. The molecule has 0 aliphatic heterocycles. The Morgan fingerprint density at radius 1 is 1.15 bits per heavy atom. The maximum absolute atomic E-state index is 13.2. The lowest BCUT2D eigenvalue weighted by Crippen LogP contribution is -2.36. The molecular formula is C16H9F3N2O6. The van der Waals surface area contributed by atoms with Crippen LogP contribution >= 0.6 is 0 Å². The van der Waals surface area contributed by atoms with Gasteiger partial charge in [-0.3, -0.25) is 10.1 Å². The van der Waals surface area contributed by atoms with Gasteiger partial charge in [-0.25, -0.2) is 0 Å². The SMILES string of the molecule is O=[N+]([O-])c1cc(-c2coc(-c3ccc[n+]([O-])c3C(F)(F)F)c2)cc(O)c1O. The molecule has 0 fully saturated rings. The van der Waals surface area contributed by atoms with Gasteiger partial charge in [0.15, 0.2) is 11.9 Å². The van der Waals surface area contributed by atoms with Gasteiger partial charge in [0.25, 0.3) is 0 Å². The predicted octanol–water partition coefficient (Wildman–Crippen LogP) is 3.59. The molecule has 3 aromatic rings. The summed E-state index contributed by atoms with van der Waals surface area (Å²) in [6.45, 7) is 0. The highest BCUT2D eigenvalue weighted by atomic mass is 19.4. The fourth-order valence-electron chi connectivity index (χ4n) is 2.50.